The zero-order chi connectivity index (χ0) is 23.9. The Hall–Kier alpha value is -2.22. The van der Waals surface area contributed by atoms with Gasteiger partial charge < -0.3 is 9.97 Å². The number of fused-ring (bicyclic) bond motifs is 4. The number of likely N-dealkylation sites (tertiary alicyclic amines) is 1. The van der Waals surface area contributed by atoms with Gasteiger partial charge >= 0.3 is 0 Å². The topological polar surface area (TPSA) is 38.1 Å². The lowest BCUT2D eigenvalue weighted by Crippen LogP contribution is -2.46. The minimum atomic E-state index is -1.14. The van der Waals surface area contributed by atoms with Crippen molar-refractivity contribution in [3.8, 4) is 0 Å². The van der Waals surface area contributed by atoms with Gasteiger partial charge in [-0.25, -0.2) is 4.39 Å². The molecule has 1 saturated heterocycles. The Morgan fingerprint density at radius 3 is 2.65 bits per heavy atom. The Morgan fingerprint density at radius 2 is 1.91 bits per heavy atom. The Labute approximate surface area is 203 Å². The maximum absolute atomic E-state index is 13.9. The number of hydrogen-bond donors (Lipinski definition) is 2. The van der Waals surface area contributed by atoms with E-state index in [1.165, 1.54) is 38.1 Å². The quantitative estimate of drug-likeness (QED) is 0.349. The number of para-hydroxylation sites is 1. The number of aromatic nitrogens is 2. The summed E-state index contributed by atoms with van der Waals surface area (Å²) in [5, 5.41) is 3.41. The van der Waals surface area contributed by atoms with Crippen LogP contribution >= 0.6 is 11.3 Å². The van der Waals surface area contributed by atoms with Crippen molar-refractivity contribution in [2.45, 2.75) is 52.0 Å². The molecular weight excluding hydrogens is 450 g/mol. The maximum Gasteiger partial charge on any atom is 0.118 e. The molecule has 2 N–H and O–H groups in total. The molecule has 1 unspecified atom stereocenters. The van der Waals surface area contributed by atoms with Crippen molar-refractivity contribution < 1.29 is 8.78 Å². The molecule has 3 aromatic heterocycles. The molecule has 6 rings (SSSR count). The van der Waals surface area contributed by atoms with Gasteiger partial charge in [0.1, 0.15) is 5.67 Å². The summed E-state index contributed by atoms with van der Waals surface area (Å²) in [5.41, 5.74) is 5.19. The van der Waals surface area contributed by atoms with Crippen LogP contribution < -0.4 is 0 Å². The minimum absolute atomic E-state index is 0.170. The predicted octanol–water partition coefficient (Wildman–Crippen LogP) is 6.29. The van der Waals surface area contributed by atoms with Gasteiger partial charge in [0.2, 0.25) is 0 Å². The fourth-order valence-electron chi connectivity index (χ4n) is 5.23. The monoisotopic (exact) mass is 484 g/mol. The molecule has 1 fully saturated rings. The van der Waals surface area contributed by atoms with Crippen molar-refractivity contribution in [1.82, 2.24) is 19.8 Å². The second-order valence-corrected chi connectivity index (χ2v) is 11.5. The Bertz CT molecular complexity index is 1220. The van der Waals surface area contributed by atoms with Gasteiger partial charge in [-0.15, -0.1) is 11.3 Å². The SMILES string of the molecule is CC1Cc2c([nH]c3ccccc23)CN1CC(C)(C)F.FCC1CN(Cc2cc3sccc3[nH]2)C1. The molecule has 4 aromatic rings. The molecule has 0 radical (unpaired) electrons. The van der Waals surface area contributed by atoms with Crippen LogP contribution in [-0.2, 0) is 19.5 Å². The number of thiophene rings is 1. The highest BCUT2D eigenvalue weighted by molar-refractivity contribution is 7.17. The van der Waals surface area contributed by atoms with Crippen LogP contribution in [0, 0.1) is 5.92 Å². The molecule has 1 atom stereocenters. The molecule has 0 aliphatic carbocycles. The highest BCUT2D eigenvalue weighted by atomic mass is 32.1. The van der Waals surface area contributed by atoms with Crippen molar-refractivity contribution in [2.24, 2.45) is 5.92 Å². The normalized spacial score (nSPS) is 19.7. The smallest absolute Gasteiger partial charge is 0.118 e. The Morgan fingerprint density at radius 1 is 1.12 bits per heavy atom. The van der Waals surface area contributed by atoms with E-state index in [1.807, 2.05) is 0 Å². The fraction of sp³-hybridized carbons (Fsp3) is 0.481. The van der Waals surface area contributed by atoms with Crippen molar-refractivity contribution in [2.75, 3.05) is 26.3 Å². The van der Waals surface area contributed by atoms with Crippen LogP contribution in [0.15, 0.2) is 41.8 Å². The zero-order valence-corrected chi connectivity index (χ0v) is 21.0. The predicted molar refractivity (Wildman–Crippen MR) is 138 cm³/mol. The van der Waals surface area contributed by atoms with Gasteiger partial charge in [-0.1, -0.05) is 18.2 Å². The summed E-state index contributed by atoms with van der Waals surface area (Å²) in [6.45, 7) is 9.37. The van der Waals surface area contributed by atoms with E-state index < -0.39 is 5.67 Å². The summed E-state index contributed by atoms with van der Waals surface area (Å²) in [7, 11) is 0. The van der Waals surface area contributed by atoms with Crippen LogP contribution in [0.25, 0.3) is 21.1 Å². The van der Waals surface area contributed by atoms with Gasteiger partial charge in [0, 0.05) is 67.0 Å². The average molecular weight is 485 g/mol. The molecule has 5 heterocycles. The third-order valence-electron chi connectivity index (χ3n) is 6.91. The van der Waals surface area contributed by atoms with Crippen LogP contribution in [0.2, 0.25) is 0 Å². The molecule has 0 bridgehead atoms. The summed E-state index contributed by atoms with van der Waals surface area (Å²) < 4.78 is 27.4. The molecule has 2 aliphatic rings. The van der Waals surface area contributed by atoms with Gasteiger partial charge in [-0.2, -0.15) is 0 Å². The second-order valence-electron chi connectivity index (χ2n) is 10.5. The third kappa shape index (κ3) is 5.07. The fourth-order valence-corrected chi connectivity index (χ4v) is 6.04. The highest BCUT2D eigenvalue weighted by Crippen LogP contribution is 2.31. The summed E-state index contributed by atoms with van der Waals surface area (Å²) in [5.74, 6) is 0.279. The molecule has 0 saturated carbocycles. The van der Waals surface area contributed by atoms with Gasteiger partial charge in [0.25, 0.3) is 0 Å². The molecule has 2 aliphatic heterocycles. The summed E-state index contributed by atoms with van der Waals surface area (Å²) in [6.07, 6.45) is 0.995. The number of hydrogen-bond acceptors (Lipinski definition) is 3. The minimum Gasteiger partial charge on any atom is -0.357 e. The summed E-state index contributed by atoms with van der Waals surface area (Å²) >= 11 is 1.76. The van der Waals surface area contributed by atoms with E-state index in [4.69, 9.17) is 0 Å². The molecule has 182 valence electrons. The number of benzene rings is 1. The van der Waals surface area contributed by atoms with Crippen molar-refractivity contribution >= 4 is 32.5 Å². The largest absolute Gasteiger partial charge is 0.357 e. The summed E-state index contributed by atoms with van der Waals surface area (Å²) in [6, 6.07) is 13.1. The van der Waals surface area contributed by atoms with E-state index in [1.54, 1.807) is 25.2 Å². The first kappa shape index (κ1) is 23.5. The van der Waals surface area contributed by atoms with Gasteiger partial charge in [0.05, 0.1) is 16.9 Å². The molecule has 1 aromatic carbocycles. The highest BCUT2D eigenvalue weighted by Gasteiger charge is 2.30. The number of halogens is 2. The molecule has 7 heteroatoms. The lowest BCUT2D eigenvalue weighted by Gasteiger charge is -2.37. The number of rotatable bonds is 5. The van der Waals surface area contributed by atoms with Crippen molar-refractivity contribution in [1.29, 1.82) is 0 Å². The number of aromatic amines is 2. The van der Waals surface area contributed by atoms with Gasteiger partial charge in [0.15, 0.2) is 0 Å². The Balaban J connectivity index is 0.000000145. The van der Waals surface area contributed by atoms with Crippen molar-refractivity contribution in [3.63, 3.8) is 0 Å². The Kier molecular flexibility index (Phi) is 6.53. The van der Waals surface area contributed by atoms with Gasteiger partial charge in [-0.3, -0.25) is 14.2 Å². The standard InChI is InChI=1S/C16H21FN2.C11H13FN2S/c1-11-8-13-12-6-4-5-7-14(12)18-15(13)9-19(11)10-16(2,3)17;12-4-8-5-14(6-8)7-9-3-11-10(13-9)1-2-15-11/h4-7,11,18H,8-10H2,1-3H3;1-3,8,13H,4-7H2. The van der Waals surface area contributed by atoms with E-state index in [2.05, 4.69) is 68.5 Å². The summed E-state index contributed by atoms with van der Waals surface area (Å²) in [4.78, 5) is 11.4. The number of alkyl halides is 2. The van der Waals surface area contributed by atoms with Crippen LogP contribution in [0.1, 0.15) is 37.7 Å². The van der Waals surface area contributed by atoms with E-state index in [9.17, 15) is 8.78 Å². The first-order valence-corrected chi connectivity index (χ1v) is 13.0. The van der Waals surface area contributed by atoms with Crippen LogP contribution in [-0.4, -0.2) is 57.8 Å². The van der Waals surface area contributed by atoms with E-state index in [-0.39, 0.29) is 12.6 Å². The maximum atomic E-state index is 13.9. The number of nitrogens with zero attached hydrogens (tertiary/aromatic N) is 2. The lowest BCUT2D eigenvalue weighted by atomic mass is 9.96. The first-order chi connectivity index (χ1) is 16.3. The average Bonchev–Trinajstić information content (AvgIpc) is 3.43. The van der Waals surface area contributed by atoms with Crippen LogP contribution in [0.5, 0.6) is 0 Å². The van der Waals surface area contributed by atoms with E-state index in [0.717, 1.165) is 32.6 Å². The molecule has 34 heavy (non-hydrogen) atoms. The molecule has 0 spiro atoms. The van der Waals surface area contributed by atoms with E-state index in [0.29, 0.717) is 12.6 Å². The number of nitrogens with one attached hydrogen (secondary N) is 2. The van der Waals surface area contributed by atoms with Crippen LogP contribution in [0.4, 0.5) is 8.78 Å². The third-order valence-corrected chi connectivity index (χ3v) is 7.77. The molecular formula is C27H34F2N4S. The number of H-pyrrole nitrogens is 2. The van der Waals surface area contributed by atoms with Crippen molar-refractivity contribution in [3.05, 3.63) is 58.7 Å². The molecule has 4 nitrogen and oxygen atoms in total. The van der Waals surface area contributed by atoms with E-state index >= 15 is 0 Å². The zero-order valence-electron chi connectivity index (χ0n) is 20.2. The second kappa shape index (κ2) is 9.44. The first-order valence-electron chi connectivity index (χ1n) is 12.1. The molecule has 0 amide bonds. The van der Waals surface area contributed by atoms with Crippen LogP contribution in [0.3, 0.4) is 0 Å². The lowest BCUT2D eigenvalue weighted by molar-refractivity contribution is 0.0728. The van der Waals surface area contributed by atoms with Gasteiger partial charge in [-0.05, 0) is 56.3 Å².